The number of aromatic nitrogens is 2. The highest BCUT2D eigenvalue weighted by Gasteiger charge is 2.39. The van der Waals surface area contributed by atoms with Gasteiger partial charge in [0.2, 0.25) is 0 Å². The van der Waals surface area contributed by atoms with Gasteiger partial charge in [0.1, 0.15) is 0 Å². The van der Waals surface area contributed by atoms with Crippen LogP contribution in [0.3, 0.4) is 0 Å². The summed E-state index contributed by atoms with van der Waals surface area (Å²) in [4.78, 5) is 21.8. The van der Waals surface area contributed by atoms with Crippen molar-refractivity contribution in [2.45, 2.75) is 25.5 Å². The van der Waals surface area contributed by atoms with E-state index in [1.807, 2.05) is 29.2 Å². The van der Waals surface area contributed by atoms with Gasteiger partial charge in [-0.25, -0.2) is 0 Å². The Hall–Kier alpha value is -2.25. The summed E-state index contributed by atoms with van der Waals surface area (Å²) in [7, 11) is 2.09. The fraction of sp³-hybridized carbons (Fsp3) is 0.500. The van der Waals surface area contributed by atoms with E-state index in [0.717, 1.165) is 19.5 Å². The molecule has 2 atom stereocenters. The number of hydrogen-bond acceptors (Lipinski definition) is 6. The Labute approximate surface area is 146 Å². The normalized spacial score (nSPS) is 24.2. The molecule has 7 heteroatoms. The van der Waals surface area contributed by atoms with Crippen LogP contribution in [-0.2, 0) is 4.74 Å². The molecule has 4 rings (SSSR count). The molecule has 0 radical (unpaired) electrons. The van der Waals surface area contributed by atoms with Crippen LogP contribution in [0.2, 0.25) is 0 Å². The van der Waals surface area contributed by atoms with E-state index < -0.39 is 0 Å². The smallest absolute Gasteiger partial charge is 0.258 e. The maximum Gasteiger partial charge on any atom is 0.258 e. The van der Waals surface area contributed by atoms with Gasteiger partial charge in [0.05, 0.1) is 29.9 Å². The highest BCUT2D eigenvalue weighted by Crippen LogP contribution is 2.28. The van der Waals surface area contributed by atoms with E-state index in [0.29, 0.717) is 36.0 Å². The lowest BCUT2D eigenvalue weighted by Gasteiger charge is -2.46. The van der Waals surface area contributed by atoms with Gasteiger partial charge in [-0.3, -0.25) is 4.79 Å². The summed E-state index contributed by atoms with van der Waals surface area (Å²) in [5.74, 6) is 0.935. The van der Waals surface area contributed by atoms with Gasteiger partial charge in [-0.15, -0.1) is 0 Å². The van der Waals surface area contributed by atoms with Crippen molar-refractivity contribution in [1.82, 2.24) is 19.9 Å². The van der Waals surface area contributed by atoms with Crippen LogP contribution >= 0.6 is 0 Å². The third-order valence-electron chi connectivity index (χ3n) is 4.96. The fourth-order valence-corrected chi connectivity index (χ4v) is 3.70. The van der Waals surface area contributed by atoms with Crippen LogP contribution in [0.1, 0.15) is 22.6 Å². The predicted molar refractivity (Wildman–Crippen MR) is 91.1 cm³/mol. The number of hydrogen-bond donors (Lipinski definition) is 0. The first-order chi connectivity index (χ1) is 12.1. The minimum Gasteiger partial charge on any atom is -0.374 e. The number of fused-ring (bicyclic) bond motifs is 1. The van der Waals surface area contributed by atoms with Crippen LogP contribution < -0.4 is 0 Å². The Morgan fingerprint density at radius 2 is 2.12 bits per heavy atom. The first-order valence-electron chi connectivity index (χ1n) is 8.64. The van der Waals surface area contributed by atoms with E-state index in [4.69, 9.17) is 9.26 Å². The number of ether oxygens (including phenoxy) is 1. The molecule has 2 fully saturated rings. The number of piperidine rings is 1. The number of carbonyl (C=O) groups is 1. The van der Waals surface area contributed by atoms with Gasteiger partial charge in [0.15, 0.2) is 5.82 Å². The zero-order valence-corrected chi connectivity index (χ0v) is 14.5. The molecule has 7 nitrogen and oxygen atoms in total. The summed E-state index contributed by atoms with van der Waals surface area (Å²) < 4.78 is 11.2. The lowest BCUT2D eigenvalue weighted by atomic mass is 9.97. The Morgan fingerprint density at radius 3 is 2.92 bits per heavy atom. The number of rotatable bonds is 2. The lowest BCUT2D eigenvalue weighted by molar-refractivity contribution is -0.0869. The molecule has 132 valence electrons. The summed E-state index contributed by atoms with van der Waals surface area (Å²) >= 11 is 0. The number of likely N-dealkylation sites (N-methyl/N-ethyl adjacent to an activating group) is 1. The molecule has 0 bridgehead atoms. The molecule has 1 aromatic carbocycles. The number of nitrogens with zero attached hydrogens (tertiary/aromatic N) is 4. The lowest BCUT2D eigenvalue weighted by Crippen LogP contribution is -2.60. The third kappa shape index (κ3) is 3.05. The molecule has 2 aromatic rings. The molecule has 25 heavy (non-hydrogen) atoms. The monoisotopic (exact) mass is 342 g/mol. The Kier molecular flexibility index (Phi) is 4.27. The van der Waals surface area contributed by atoms with Gasteiger partial charge in [-0.05, 0) is 32.5 Å². The molecule has 1 aromatic heterocycles. The van der Waals surface area contributed by atoms with Crippen molar-refractivity contribution < 1.29 is 14.1 Å². The fourth-order valence-electron chi connectivity index (χ4n) is 3.70. The molecular weight excluding hydrogens is 320 g/mol. The second-order valence-corrected chi connectivity index (χ2v) is 6.72. The van der Waals surface area contributed by atoms with E-state index in [-0.39, 0.29) is 18.1 Å². The molecule has 2 aliphatic heterocycles. The van der Waals surface area contributed by atoms with Crippen molar-refractivity contribution in [3.05, 3.63) is 35.7 Å². The van der Waals surface area contributed by atoms with E-state index >= 15 is 0 Å². The van der Waals surface area contributed by atoms with Gasteiger partial charge in [-0.1, -0.05) is 17.3 Å². The van der Waals surface area contributed by atoms with E-state index in [1.54, 1.807) is 6.92 Å². The number of carbonyl (C=O) groups excluding carboxylic acids is 1. The molecule has 1 amide bonds. The highest BCUT2D eigenvalue weighted by molar-refractivity contribution is 6.00. The molecule has 0 aliphatic carbocycles. The first-order valence-corrected chi connectivity index (χ1v) is 8.64. The largest absolute Gasteiger partial charge is 0.374 e. The zero-order valence-electron chi connectivity index (χ0n) is 14.5. The van der Waals surface area contributed by atoms with Crippen LogP contribution in [0.25, 0.3) is 11.5 Å². The maximum absolute atomic E-state index is 13.3. The topological polar surface area (TPSA) is 71.7 Å². The summed E-state index contributed by atoms with van der Waals surface area (Å²) in [6.45, 7) is 4.78. The molecule has 2 aliphatic rings. The molecular formula is C18H22N4O3. The molecule has 0 spiro atoms. The highest BCUT2D eigenvalue weighted by atomic mass is 16.5. The van der Waals surface area contributed by atoms with Crippen LogP contribution in [-0.4, -0.2) is 71.3 Å². The predicted octanol–water partition coefficient (Wildman–Crippen LogP) is 1.59. The Balaban J connectivity index is 1.66. The molecule has 2 saturated heterocycles. The molecule has 0 N–H and O–H groups in total. The van der Waals surface area contributed by atoms with Crippen molar-refractivity contribution in [3.63, 3.8) is 0 Å². The van der Waals surface area contributed by atoms with Gasteiger partial charge in [-0.2, -0.15) is 4.98 Å². The number of likely N-dealkylation sites (tertiary alicyclic amines) is 1. The second kappa shape index (κ2) is 6.57. The standard InChI is InChI=1S/C18H22N4O3/c1-12-19-17(25-20-12)13-5-3-4-6-14(13)18(23)22-9-10-24-16-7-8-21(2)11-15(16)22/h3-6,15-16H,7-11H2,1-2H3/t15-,16-/m1/s1. The van der Waals surface area contributed by atoms with Crippen LogP contribution in [0.5, 0.6) is 0 Å². The maximum atomic E-state index is 13.3. The summed E-state index contributed by atoms with van der Waals surface area (Å²) in [6, 6.07) is 7.50. The van der Waals surface area contributed by atoms with Gasteiger partial charge >= 0.3 is 0 Å². The van der Waals surface area contributed by atoms with Crippen molar-refractivity contribution in [1.29, 1.82) is 0 Å². The Morgan fingerprint density at radius 1 is 1.28 bits per heavy atom. The third-order valence-corrected chi connectivity index (χ3v) is 4.96. The van der Waals surface area contributed by atoms with E-state index in [1.165, 1.54) is 0 Å². The van der Waals surface area contributed by atoms with Crippen LogP contribution in [0.15, 0.2) is 28.8 Å². The number of benzene rings is 1. The van der Waals surface area contributed by atoms with E-state index in [2.05, 4.69) is 22.1 Å². The Bertz CT molecular complexity index is 775. The van der Waals surface area contributed by atoms with Crippen LogP contribution in [0.4, 0.5) is 0 Å². The minimum absolute atomic E-state index is 0.0000491. The summed E-state index contributed by atoms with van der Waals surface area (Å²) in [6.07, 6.45) is 1.07. The van der Waals surface area contributed by atoms with Crippen LogP contribution in [0, 0.1) is 6.92 Å². The number of amides is 1. The van der Waals surface area contributed by atoms with Gasteiger partial charge in [0.25, 0.3) is 11.8 Å². The SMILES string of the molecule is Cc1noc(-c2ccccc2C(=O)N2CCO[C@@H]3CCN(C)C[C@H]32)n1. The summed E-state index contributed by atoms with van der Waals surface area (Å²) in [5, 5.41) is 3.84. The zero-order chi connectivity index (χ0) is 17.4. The molecule has 0 unspecified atom stereocenters. The number of morpholine rings is 1. The van der Waals surface area contributed by atoms with Crippen molar-refractivity contribution >= 4 is 5.91 Å². The van der Waals surface area contributed by atoms with E-state index in [9.17, 15) is 4.79 Å². The average molecular weight is 342 g/mol. The molecule has 3 heterocycles. The van der Waals surface area contributed by atoms with Crippen molar-refractivity contribution in [3.8, 4) is 11.5 Å². The minimum atomic E-state index is 0.0000491. The van der Waals surface area contributed by atoms with Crippen molar-refractivity contribution in [2.24, 2.45) is 0 Å². The van der Waals surface area contributed by atoms with Gasteiger partial charge in [0, 0.05) is 19.6 Å². The van der Waals surface area contributed by atoms with Gasteiger partial charge < -0.3 is 19.1 Å². The van der Waals surface area contributed by atoms with Crippen molar-refractivity contribution in [2.75, 3.05) is 33.3 Å². The number of aryl methyl sites for hydroxylation is 1. The quantitative estimate of drug-likeness (QED) is 0.825. The summed E-state index contributed by atoms with van der Waals surface area (Å²) in [5.41, 5.74) is 1.28. The second-order valence-electron chi connectivity index (χ2n) is 6.72. The molecule has 0 saturated carbocycles. The first kappa shape index (κ1) is 16.2. The average Bonchev–Trinajstić information content (AvgIpc) is 3.07.